The van der Waals surface area contributed by atoms with Crippen molar-refractivity contribution in [1.82, 2.24) is 14.7 Å². The van der Waals surface area contributed by atoms with Crippen LogP contribution in [0.1, 0.15) is 12.5 Å². The van der Waals surface area contributed by atoms with Crippen molar-refractivity contribution in [1.29, 1.82) is 0 Å². The van der Waals surface area contributed by atoms with Gasteiger partial charge in [0.25, 0.3) is 5.91 Å². The van der Waals surface area contributed by atoms with Gasteiger partial charge in [-0.2, -0.15) is 4.68 Å². The second-order valence-electron chi connectivity index (χ2n) is 6.51. The molecule has 1 amide bonds. The van der Waals surface area contributed by atoms with Crippen LogP contribution >= 0.6 is 0 Å². The highest BCUT2D eigenvalue weighted by Crippen LogP contribution is 2.14. The van der Waals surface area contributed by atoms with E-state index in [4.69, 9.17) is 9.15 Å². The molecule has 0 aliphatic heterocycles. The number of esters is 1. The van der Waals surface area contributed by atoms with Crippen LogP contribution in [0.5, 0.6) is 0 Å². The number of aromatic nitrogens is 2. The molecule has 8 heteroatoms. The minimum atomic E-state index is -0.993. The topological polar surface area (TPSA) is 94.6 Å². The minimum absolute atomic E-state index is 0.107. The zero-order valence-electron chi connectivity index (χ0n) is 16.1. The number of hydrogen-bond acceptors (Lipinski definition) is 6. The number of nitrogens with zero attached hydrogens (tertiary/aromatic N) is 3. The molecule has 0 spiro atoms. The molecule has 0 fully saturated rings. The molecule has 8 nitrogen and oxygen atoms in total. The van der Waals surface area contributed by atoms with E-state index in [0.29, 0.717) is 12.1 Å². The monoisotopic (exact) mass is 395 g/mol. The molecule has 0 saturated carbocycles. The summed E-state index contributed by atoms with van der Waals surface area (Å²) in [4.78, 5) is 38.0. The molecule has 0 aliphatic carbocycles. The fourth-order valence-electron chi connectivity index (χ4n) is 2.76. The van der Waals surface area contributed by atoms with Gasteiger partial charge in [0.05, 0.1) is 0 Å². The molecule has 0 aliphatic rings. The highest BCUT2D eigenvalue weighted by molar-refractivity contribution is 5.83. The number of amides is 1. The Morgan fingerprint density at radius 3 is 2.38 bits per heavy atom. The van der Waals surface area contributed by atoms with Crippen molar-refractivity contribution in [3.8, 4) is 11.5 Å². The van der Waals surface area contributed by atoms with Gasteiger partial charge >= 0.3 is 11.7 Å². The van der Waals surface area contributed by atoms with Gasteiger partial charge in [-0.3, -0.25) is 9.59 Å². The Morgan fingerprint density at radius 2 is 1.72 bits per heavy atom. The zero-order chi connectivity index (χ0) is 20.8. The maximum Gasteiger partial charge on any atom is 0.437 e. The summed E-state index contributed by atoms with van der Waals surface area (Å²) < 4.78 is 11.1. The number of benzene rings is 2. The van der Waals surface area contributed by atoms with Gasteiger partial charge in [0.15, 0.2) is 6.10 Å². The smallest absolute Gasteiger partial charge is 0.437 e. The highest BCUT2D eigenvalue weighted by Gasteiger charge is 2.23. The molecule has 29 heavy (non-hydrogen) atoms. The van der Waals surface area contributed by atoms with E-state index in [0.717, 1.165) is 10.2 Å². The fraction of sp³-hybridized carbons (Fsp3) is 0.238. The van der Waals surface area contributed by atoms with E-state index < -0.39 is 24.4 Å². The van der Waals surface area contributed by atoms with Crippen LogP contribution in [0.3, 0.4) is 0 Å². The summed E-state index contributed by atoms with van der Waals surface area (Å²) in [5.41, 5.74) is 1.58. The zero-order valence-corrected chi connectivity index (χ0v) is 16.1. The maximum atomic E-state index is 12.4. The lowest BCUT2D eigenvalue weighted by Gasteiger charge is -2.21. The molecule has 2 aromatic carbocycles. The summed E-state index contributed by atoms with van der Waals surface area (Å²) in [5.74, 6) is -1.77. The Kier molecular flexibility index (Phi) is 6.23. The summed E-state index contributed by atoms with van der Waals surface area (Å²) in [7, 11) is 1.63. The van der Waals surface area contributed by atoms with E-state index in [1.54, 1.807) is 31.3 Å². The van der Waals surface area contributed by atoms with Crippen molar-refractivity contribution in [2.75, 3.05) is 7.05 Å². The van der Waals surface area contributed by atoms with Gasteiger partial charge in [-0.15, -0.1) is 5.10 Å². The minimum Gasteiger partial charge on any atom is -0.451 e. The fourth-order valence-corrected chi connectivity index (χ4v) is 2.76. The van der Waals surface area contributed by atoms with Crippen molar-refractivity contribution >= 4 is 11.9 Å². The first-order chi connectivity index (χ1) is 13.9. The quantitative estimate of drug-likeness (QED) is 0.569. The molecule has 0 saturated heterocycles. The Bertz CT molecular complexity index is 1030. The van der Waals surface area contributed by atoms with Crippen LogP contribution in [0.2, 0.25) is 0 Å². The predicted molar refractivity (Wildman–Crippen MR) is 105 cm³/mol. The summed E-state index contributed by atoms with van der Waals surface area (Å²) in [6.45, 7) is 1.43. The highest BCUT2D eigenvalue weighted by atomic mass is 16.5. The van der Waals surface area contributed by atoms with E-state index >= 15 is 0 Å². The van der Waals surface area contributed by atoms with Crippen molar-refractivity contribution in [3.05, 3.63) is 76.8 Å². The average molecular weight is 395 g/mol. The standard InChI is InChI=1S/C21H21N3O5/c1-15(20(26)23(2)13-16-9-5-3-6-10-16)28-18(25)14-24-21(27)29-19(22-24)17-11-7-4-8-12-17/h3-12,15H,13-14H2,1-2H3/t15-/m0/s1. The lowest BCUT2D eigenvalue weighted by Crippen LogP contribution is -2.38. The van der Waals surface area contributed by atoms with Crippen LogP contribution in [-0.2, 0) is 27.4 Å². The lowest BCUT2D eigenvalue weighted by molar-refractivity contribution is -0.159. The molecule has 0 unspecified atom stereocenters. The predicted octanol–water partition coefficient (Wildman–Crippen LogP) is 2.09. The van der Waals surface area contributed by atoms with Gasteiger partial charge in [0.1, 0.15) is 6.54 Å². The molecule has 3 aromatic rings. The Morgan fingerprint density at radius 1 is 1.10 bits per heavy atom. The van der Waals surface area contributed by atoms with Gasteiger partial charge < -0.3 is 14.1 Å². The molecule has 0 N–H and O–H groups in total. The second kappa shape index (κ2) is 9.01. The molecule has 1 heterocycles. The van der Waals surface area contributed by atoms with E-state index in [2.05, 4.69) is 5.10 Å². The van der Waals surface area contributed by atoms with Gasteiger partial charge in [0, 0.05) is 19.2 Å². The van der Waals surface area contributed by atoms with Crippen LogP contribution in [-0.4, -0.2) is 39.7 Å². The third-order valence-electron chi connectivity index (χ3n) is 4.20. The van der Waals surface area contributed by atoms with Crippen LogP contribution in [0.4, 0.5) is 0 Å². The molecular formula is C21H21N3O5. The normalized spacial score (nSPS) is 11.7. The third-order valence-corrected chi connectivity index (χ3v) is 4.20. The van der Waals surface area contributed by atoms with Crippen LogP contribution in [0.15, 0.2) is 69.9 Å². The number of hydrogen-bond donors (Lipinski definition) is 0. The summed E-state index contributed by atoms with van der Waals surface area (Å²) in [6.07, 6.45) is -0.993. The number of ether oxygens (including phenoxy) is 1. The van der Waals surface area contributed by atoms with Crippen molar-refractivity contribution in [3.63, 3.8) is 0 Å². The Balaban J connectivity index is 1.58. The molecule has 1 atom stereocenters. The Hall–Kier alpha value is -3.68. The van der Waals surface area contributed by atoms with Crippen molar-refractivity contribution < 1.29 is 18.7 Å². The largest absolute Gasteiger partial charge is 0.451 e. The van der Waals surface area contributed by atoms with Crippen LogP contribution in [0, 0.1) is 0 Å². The van der Waals surface area contributed by atoms with Crippen molar-refractivity contribution in [2.24, 2.45) is 0 Å². The van der Waals surface area contributed by atoms with Gasteiger partial charge in [-0.1, -0.05) is 48.5 Å². The first-order valence-electron chi connectivity index (χ1n) is 9.06. The number of likely N-dealkylation sites (N-methyl/N-ethyl adjacent to an activating group) is 1. The maximum absolute atomic E-state index is 12.4. The molecule has 0 radical (unpaired) electrons. The number of carbonyl (C=O) groups excluding carboxylic acids is 2. The van der Waals surface area contributed by atoms with E-state index in [1.165, 1.54) is 11.8 Å². The molecular weight excluding hydrogens is 374 g/mol. The third kappa shape index (κ3) is 5.19. The Labute approximate surface area is 167 Å². The van der Waals surface area contributed by atoms with E-state index in [-0.39, 0.29) is 11.8 Å². The molecule has 150 valence electrons. The second-order valence-corrected chi connectivity index (χ2v) is 6.51. The van der Waals surface area contributed by atoms with Crippen molar-refractivity contribution in [2.45, 2.75) is 26.1 Å². The average Bonchev–Trinajstić information content (AvgIpc) is 3.09. The van der Waals surface area contributed by atoms with Gasteiger partial charge in [-0.25, -0.2) is 4.79 Å². The van der Waals surface area contributed by atoms with Crippen LogP contribution < -0.4 is 5.76 Å². The van der Waals surface area contributed by atoms with E-state index in [9.17, 15) is 14.4 Å². The van der Waals surface area contributed by atoms with Gasteiger partial charge in [-0.05, 0) is 24.6 Å². The molecule has 3 rings (SSSR count). The SMILES string of the molecule is C[C@H](OC(=O)Cn1nc(-c2ccccc2)oc1=O)C(=O)N(C)Cc1ccccc1. The number of carbonyl (C=O) groups is 2. The summed E-state index contributed by atoms with van der Waals surface area (Å²) in [6, 6.07) is 18.3. The summed E-state index contributed by atoms with van der Waals surface area (Å²) >= 11 is 0. The number of rotatable bonds is 7. The first kappa shape index (κ1) is 20.1. The lowest BCUT2D eigenvalue weighted by atomic mass is 10.2. The first-order valence-corrected chi connectivity index (χ1v) is 9.06. The van der Waals surface area contributed by atoms with Gasteiger partial charge in [0.2, 0.25) is 5.89 Å². The molecule has 0 bridgehead atoms. The van der Waals surface area contributed by atoms with E-state index in [1.807, 2.05) is 36.4 Å². The van der Waals surface area contributed by atoms with Crippen LogP contribution in [0.25, 0.3) is 11.5 Å². The molecule has 1 aromatic heterocycles. The summed E-state index contributed by atoms with van der Waals surface area (Å²) in [5, 5.41) is 4.00.